The summed E-state index contributed by atoms with van der Waals surface area (Å²) in [6, 6.07) is 46.8. The van der Waals surface area contributed by atoms with Crippen molar-refractivity contribution in [2.75, 3.05) is 4.90 Å². The lowest BCUT2D eigenvalue weighted by Gasteiger charge is -2.27. The Morgan fingerprint density at radius 2 is 1.10 bits per heavy atom. The monoisotopic (exact) mass is 791 g/mol. The second-order valence-corrected chi connectivity index (χ2v) is 17.7. The Morgan fingerprint density at radius 1 is 0.552 bits per heavy atom. The molecule has 9 heteroatoms. The molecule has 0 saturated carbocycles. The number of hydrogen-bond acceptors (Lipinski definition) is 5. The molecule has 0 atom stereocenters. The number of nitrogens with zero attached hydrogens (tertiary/aromatic N) is 1. The fourth-order valence-electron chi connectivity index (χ4n) is 9.15. The van der Waals surface area contributed by atoms with Gasteiger partial charge in [0, 0.05) is 39.0 Å². The molecule has 0 radical (unpaired) electrons. The summed E-state index contributed by atoms with van der Waals surface area (Å²) >= 11 is 0. The Morgan fingerprint density at radius 3 is 1.76 bits per heavy atom. The van der Waals surface area contributed by atoms with Gasteiger partial charge < -0.3 is 13.5 Å². The molecule has 7 aromatic carbocycles. The Hall–Kier alpha value is -6.32. The minimum Gasteiger partial charge on any atom is -0.454 e. The number of alkyl halides is 3. The van der Waals surface area contributed by atoms with Gasteiger partial charge in [0.2, 0.25) is 0 Å². The number of para-hydroxylation sites is 1. The standard InChI is InChI=1S/C49H36F3NO4S/c1-47(2)40-16-10-8-14-34(40)36-24-29(18-21-42(36)47)30-19-23-45-38(25-30)39-27-33(57-58(54,55)49(50,51)52)28-44(46(39)56-45)53(31-12-6-5-7-13-31)32-20-22-43-37(26-32)35-15-9-11-17-41(35)48(43,3)4/h5-28H,1-4H3. The molecule has 5 nitrogen and oxygen atoms in total. The lowest BCUT2D eigenvalue weighted by molar-refractivity contribution is -0.0500. The summed E-state index contributed by atoms with van der Waals surface area (Å²) in [4.78, 5) is 1.87. The van der Waals surface area contributed by atoms with Crippen LogP contribution in [-0.4, -0.2) is 13.9 Å². The van der Waals surface area contributed by atoms with E-state index in [4.69, 9.17) is 8.60 Å². The predicted octanol–water partition coefficient (Wildman–Crippen LogP) is 13.6. The second-order valence-electron chi connectivity index (χ2n) is 16.1. The van der Waals surface area contributed by atoms with Crippen LogP contribution < -0.4 is 9.08 Å². The third kappa shape index (κ3) is 5.33. The van der Waals surface area contributed by atoms with Crippen LogP contribution >= 0.6 is 0 Å². The van der Waals surface area contributed by atoms with Crippen molar-refractivity contribution in [1.82, 2.24) is 0 Å². The first-order valence-corrected chi connectivity index (χ1v) is 20.4. The van der Waals surface area contributed by atoms with Crippen molar-refractivity contribution >= 4 is 49.1 Å². The molecule has 1 aromatic heterocycles. The van der Waals surface area contributed by atoms with Gasteiger partial charge in [0.15, 0.2) is 5.58 Å². The van der Waals surface area contributed by atoms with Crippen molar-refractivity contribution in [3.05, 3.63) is 168 Å². The average Bonchev–Trinajstić information content (AvgIpc) is 3.77. The van der Waals surface area contributed by atoms with Crippen LogP contribution in [0.5, 0.6) is 5.75 Å². The van der Waals surface area contributed by atoms with Gasteiger partial charge in [0.05, 0.1) is 5.69 Å². The molecule has 0 bridgehead atoms. The summed E-state index contributed by atoms with van der Waals surface area (Å²) in [6.07, 6.45) is 0. The van der Waals surface area contributed by atoms with E-state index in [0.717, 1.165) is 33.4 Å². The topological polar surface area (TPSA) is 59.8 Å². The number of fused-ring (bicyclic) bond motifs is 9. The smallest absolute Gasteiger partial charge is 0.454 e. The van der Waals surface area contributed by atoms with E-state index in [1.54, 1.807) is 0 Å². The maximum atomic E-state index is 13.9. The third-order valence-corrected chi connectivity index (χ3v) is 13.0. The van der Waals surface area contributed by atoms with Crippen molar-refractivity contribution < 1.29 is 30.2 Å². The maximum absolute atomic E-state index is 13.9. The minimum absolute atomic E-state index is 0.165. The van der Waals surface area contributed by atoms with E-state index in [1.165, 1.54) is 34.4 Å². The highest BCUT2D eigenvalue weighted by Gasteiger charge is 2.49. The summed E-state index contributed by atoms with van der Waals surface area (Å²) < 4.78 is 78.2. The van der Waals surface area contributed by atoms with Crippen LogP contribution in [0.1, 0.15) is 49.9 Å². The second kappa shape index (κ2) is 12.3. The summed E-state index contributed by atoms with van der Waals surface area (Å²) in [7, 11) is -6.02. The van der Waals surface area contributed by atoms with Crippen molar-refractivity contribution in [2.45, 2.75) is 44.0 Å². The van der Waals surface area contributed by atoms with Crippen LogP contribution in [0.15, 0.2) is 150 Å². The molecule has 0 aliphatic heterocycles. The van der Waals surface area contributed by atoms with Gasteiger partial charge in [-0.05, 0) is 104 Å². The molecule has 58 heavy (non-hydrogen) atoms. The first-order chi connectivity index (χ1) is 27.6. The number of benzene rings is 7. The lowest BCUT2D eigenvalue weighted by Crippen LogP contribution is -2.28. The van der Waals surface area contributed by atoms with Gasteiger partial charge in [-0.1, -0.05) is 119 Å². The normalized spacial score (nSPS) is 14.9. The lowest BCUT2D eigenvalue weighted by atomic mass is 9.82. The van der Waals surface area contributed by atoms with Crippen LogP contribution in [-0.2, 0) is 20.9 Å². The molecule has 288 valence electrons. The Balaban J connectivity index is 1.20. The van der Waals surface area contributed by atoms with Crippen molar-refractivity contribution in [3.8, 4) is 39.1 Å². The van der Waals surface area contributed by atoms with E-state index >= 15 is 0 Å². The fourth-order valence-corrected chi connectivity index (χ4v) is 9.60. The largest absolute Gasteiger partial charge is 0.534 e. The Bertz CT molecular complexity index is 3110. The molecular formula is C49H36F3NO4S. The maximum Gasteiger partial charge on any atom is 0.534 e. The summed E-state index contributed by atoms with van der Waals surface area (Å²) in [5.74, 6) is -0.502. The van der Waals surface area contributed by atoms with Crippen LogP contribution in [0.3, 0.4) is 0 Å². The first kappa shape index (κ1) is 36.0. The van der Waals surface area contributed by atoms with Crippen molar-refractivity contribution in [1.29, 1.82) is 0 Å². The SMILES string of the molecule is CC1(C)c2ccccc2-c2cc(-c3ccc4oc5c(N(c6ccccc6)c6ccc7c(c6)-c6ccccc6C7(C)C)cc(OS(=O)(=O)C(F)(F)F)cc5c4c3)ccc21. The minimum atomic E-state index is -6.02. The molecular weight excluding hydrogens is 756 g/mol. The zero-order chi connectivity index (χ0) is 40.4. The van der Waals surface area contributed by atoms with Gasteiger partial charge in [0.1, 0.15) is 11.3 Å². The highest BCUT2D eigenvalue weighted by Crippen LogP contribution is 2.53. The highest BCUT2D eigenvalue weighted by molar-refractivity contribution is 7.88. The van der Waals surface area contributed by atoms with Crippen LogP contribution in [0.25, 0.3) is 55.3 Å². The van der Waals surface area contributed by atoms with Gasteiger partial charge in [-0.25, -0.2) is 0 Å². The number of halogens is 3. The summed E-state index contributed by atoms with van der Waals surface area (Å²) in [6.45, 7) is 8.81. The molecule has 2 aliphatic rings. The third-order valence-electron chi connectivity index (χ3n) is 12.0. The molecule has 2 aliphatic carbocycles. The van der Waals surface area contributed by atoms with E-state index in [-0.39, 0.29) is 10.8 Å². The molecule has 8 aromatic rings. The van der Waals surface area contributed by atoms with E-state index in [2.05, 4.69) is 88.4 Å². The van der Waals surface area contributed by atoms with E-state index in [9.17, 15) is 21.6 Å². The Labute approximate surface area is 334 Å². The van der Waals surface area contributed by atoms with E-state index < -0.39 is 21.4 Å². The highest BCUT2D eigenvalue weighted by atomic mass is 32.2. The quantitative estimate of drug-likeness (QED) is 0.124. The zero-order valence-corrected chi connectivity index (χ0v) is 32.8. The molecule has 0 N–H and O–H groups in total. The van der Waals surface area contributed by atoms with Gasteiger partial charge in [-0.2, -0.15) is 21.6 Å². The van der Waals surface area contributed by atoms with Gasteiger partial charge in [-0.3, -0.25) is 0 Å². The summed E-state index contributed by atoms with van der Waals surface area (Å²) in [5, 5.41) is 0.977. The van der Waals surface area contributed by atoms with Gasteiger partial charge in [0.25, 0.3) is 0 Å². The zero-order valence-electron chi connectivity index (χ0n) is 32.0. The summed E-state index contributed by atoms with van der Waals surface area (Å²) in [5.41, 5.74) is 7.46. The van der Waals surface area contributed by atoms with Gasteiger partial charge in [-0.15, -0.1) is 0 Å². The van der Waals surface area contributed by atoms with Crippen molar-refractivity contribution in [2.24, 2.45) is 0 Å². The molecule has 10 rings (SSSR count). The Kier molecular flexibility index (Phi) is 7.67. The number of anilines is 3. The van der Waals surface area contributed by atoms with E-state index in [1.807, 2.05) is 77.7 Å². The number of furan rings is 1. The molecule has 1 heterocycles. The van der Waals surface area contributed by atoms with Crippen molar-refractivity contribution in [3.63, 3.8) is 0 Å². The van der Waals surface area contributed by atoms with Gasteiger partial charge >= 0.3 is 15.6 Å². The molecule has 0 fully saturated rings. The number of hydrogen-bond donors (Lipinski definition) is 0. The average molecular weight is 792 g/mol. The van der Waals surface area contributed by atoms with Crippen LogP contribution in [0.2, 0.25) is 0 Å². The predicted molar refractivity (Wildman–Crippen MR) is 225 cm³/mol. The molecule has 0 amide bonds. The fraction of sp³-hybridized carbons (Fsp3) is 0.143. The number of rotatable bonds is 6. The van der Waals surface area contributed by atoms with E-state index in [0.29, 0.717) is 39.0 Å². The first-order valence-electron chi connectivity index (χ1n) is 19.0. The molecule has 0 saturated heterocycles. The molecule has 0 unspecified atom stereocenters. The van der Waals surface area contributed by atoms with Crippen LogP contribution in [0.4, 0.5) is 30.2 Å². The molecule has 0 spiro atoms. The van der Waals surface area contributed by atoms with Crippen LogP contribution in [0, 0.1) is 0 Å².